The lowest BCUT2D eigenvalue weighted by atomic mass is 9.85. The quantitative estimate of drug-likeness (QED) is 0.889. The predicted octanol–water partition coefficient (Wildman–Crippen LogP) is 4.00. The van der Waals surface area contributed by atoms with Gasteiger partial charge in [0, 0.05) is 23.8 Å². The van der Waals surface area contributed by atoms with Crippen LogP contribution in [-0.2, 0) is 0 Å². The molecule has 2 heteroatoms. The molecule has 1 N–H and O–H groups in total. The molecule has 1 aliphatic heterocycles. The zero-order valence-corrected chi connectivity index (χ0v) is 12.6. The zero-order chi connectivity index (χ0) is 14.0. The number of hydrogen-bond acceptors (Lipinski definition) is 2. The van der Waals surface area contributed by atoms with E-state index in [-0.39, 0.29) is 6.10 Å². The minimum atomic E-state index is -0.351. The summed E-state index contributed by atoms with van der Waals surface area (Å²) in [7, 11) is 0. The second-order valence-electron chi connectivity index (χ2n) is 6.19. The summed E-state index contributed by atoms with van der Waals surface area (Å²) in [5.41, 5.74) is 2.31. The fraction of sp³-hybridized carbons (Fsp3) is 0.647. The third-order valence-electron chi connectivity index (χ3n) is 4.59. The molecule has 2 nitrogen and oxygen atoms in total. The Kier molecular flexibility index (Phi) is 4.51. The maximum absolute atomic E-state index is 10.2. The molecule has 106 valence electrons. The number of aliphatic hydroxyl groups is 1. The van der Waals surface area contributed by atoms with Crippen molar-refractivity contribution in [1.82, 2.24) is 0 Å². The second-order valence-corrected chi connectivity index (χ2v) is 6.19. The Morgan fingerprint density at radius 1 is 1.26 bits per heavy atom. The molecular formula is C17H27NO. The van der Waals surface area contributed by atoms with Gasteiger partial charge < -0.3 is 10.0 Å². The lowest BCUT2D eigenvalue weighted by Crippen LogP contribution is -2.46. The van der Waals surface area contributed by atoms with E-state index in [1.54, 1.807) is 0 Å². The van der Waals surface area contributed by atoms with Gasteiger partial charge in [0.15, 0.2) is 0 Å². The highest BCUT2D eigenvalue weighted by molar-refractivity contribution is 5.56. The molecule has 0 bridgehead atoms. The van der Waals surface area contributed by atoms with Crippen LogP contribution in [0.25, 0.3) is 0 Å². The van der Waals surface area contributed by atoms with Gasteiger partial charge >= 0.3 is 0 Å². The van der Waals surface area contributed by atoms with Crippen molar-refractivity contribution in [2.24, 2.45) is 11.8 Å². The molecule has 0 aliphatic carbocycles. The summed E-state index contributed by atoms with van der Waals surface area (Å²) in [4.78, 5) is 2.49. The average Bonchev–Trinajstić information content (AvgIpc) is 2.42. The van der Waals surface area contributed by atoms with Crippen molar-refractivity contribution >= 4 is 5.69 Å². The largest absolute Gasteiger partial charge is 0.388 e. The average molecular weight is 261 g/mol. The summed E-state index contributed by atoms with van der Waals surface area (Å²) in [6.45, 7) is 10.1. The van der Waals surface area contributed by atoms with E-state index in [1.165, 1.54) is 12.1 Å². The van der Waals surface area contributed by atoms with Gasteiger partial charge in [-0.1, -0.05) is 39.0 Å². The molecule has 1 fully saturated rings. The number of para-hydroxylation sites is 1. The first-order chi connectivity index (χ1) is 9.04. The van der Waals surface area contributed by atoms with E-state index in [1.807, 2.05) is 13.0 Å². The number of piperidine rings is 1. The van der Waals surface area contributed by atoms with Crippen LogP contribution >= 0.6 is 0 Å². The molecule has 0 saturated carbocycles. The molecule has 1 aliphatic rings. The summed E-state index contributed by atoms with van der Waals surface area (Å²) in [5.74, 6) is 1.42. The Bertz CT molecular complexity index is 417. The van der Waals surface area contributed by atoms with E-state index in [0.29, 0.717) is 12.0 Å². The smallest absolute Gasteiger partial charge is 0.0807 e. The van der Waals surface area contributed by atoms with Crippen LogP contribution in [0.5, 0.6) is 0 Å². The molecule has 19 heavy (non-hydrogen) atoms. The summed E-state index contributed by atoms with van der Waals surface area (Å²) >= 11 is 0. The van der Waals surface area contributed by atoms with Gasteiger partial charge in [0.05, 0.1) is 6.10 Å². The van der Waals surface area contributed by atoms with E-state index in [4.69, 9.17) is 0 Å². The highest BCUT2D eigenvalue weighted by atomic mass is 16.3. The standard InChI is InChI=1S/C17H27NO/c1-5-17(19)15-8-6-7-9-16(15)18-11-12(2)10-13(3)14(18)4/h6-9,12-14,17,19H,5,10-11H2,1-4H3/t12?,13?,14?,17-/m0/s1. The van der Waals surface area contributed by atoms with Gasteiger partial charge in [0.1, 0.15) is 0 Å². The first-order valence-corrected chi connectivity index (χ1v) is 7.58. The van der Waals surface area contributed by atoms with E-state index >= 15 is 0 Å². The number of nitrogens with zero attached hydrogens (tertiary/aromatic N) is 1. The highest BCUT2D eigenvalue weighted by Crippen LogP contribution is 2.35. The molecule has 2 rings (SSSR count). The first kappa shape index (κ1) is 14.4. The Labute approximate surface area is 117 Å². The Morgan fingerprint density at radius 3 is 2.63 bits per heavy atom. The maximum Gasteiger partial charge on any atom is 0.0807 e. The normalized spacial score (nSPS) is 29.3. The van der Waals surface area contributed by atoms with Gasteiger partial charge in [-0.3, -0.25) is 0 Å². The molecular weight excluding hydrogens is 234 g/mol. The van der Waals surface area contributed by atoms with Gasteiger partial charge in [-0.05, 0) is 37.7 Å². The topological polar surface area (TPSA) is 23.5 Å². The van der Waals surface area contributed by atoms with Crippen molar-refractivity contribution in [3.63, 3.8) is 0 Å². The lowest BCUT2D eigenvalue weighted by Gasteiger charge is -2.43. The molecule has 1 aromatic carbocycles. The maximum atomic E-state index is 10.2. The van der Waals surface area contributed by atoms with Crippen LogP contribution in [-0.4, -0.2) is 17.7 Å². The summed E-state index contributed by atoms with van der Waals surface area (Å²) in [6.07, 6.45) is 1.72. The zero-order valence-electron chi connectivity index (χ0n) is 12.6. The lowest BCUT2D eigenvalue weighted by molar-refractivity contribution is 0.173. The number of anilines is 1. The fourth-order valence-electron chi connectivity index (χ4n) is 3.28. The van der Waals surface area contributed by atoms with E-state index in [0.717, 1.165) is 24.4 Å². The van der Waals surface area contributed by atoms with Crippen LogP contribution in [0.1, 0.15) is 52.2 Å². The highest BCUT2D eigenvalue weighted by Gasteiger charge is 2.30. The van der Waals surface area contributed by atoms with Crippen molar-refractivity contribution in [3.8, 4) is 0 Å². The minimum Gasteiger partial charge on any atom is -0.388 e. The van der Waals surface area contributed by atoms with Crippen LogP contribution < -0.4 is 4.90 Å². The SMILES string of the molecule is CC[C@H](O)c1ccccc1N1CC(C)CC(C)C1C. The van der Waals surface area contributed by atoms with Crippen LogP contribution in [0.2, 0.25) is 0 Å². The fourth-order valence-corrected chi connectivity index (χ4v) is 3.28. The Hall–Kier alpha value is -1.02. The minimum absolute atomic E-state index is 0.351. The van der Waals surface area contributed by atoms with Gasteiger partial charge in [-0.25, -0.2) is 0 Å². The van der Waals surface area contributed by atoms with Gasteiger partial charge in [-0.2, -0.15) is 0 Å². The van der Waals surface area contributed by atoms with Crippen molar-refractivity contribution in [3.05, 3.63) is 29.8 Å². The second kappa shape index (κ2) is 5.96. The van der Waals surface area contributed by atoms with Crippen LogP contribution in [0.15, 0.2) is 24.3 Å². The predicted molar refractivity (Wildman–Crippen MR) is 81.4 cm³/mol. The third-order valence-corrected chi connectivity index (χ3v) is 4.59. The van der Waals surface area contributed by atoms with E-state index in [9.17, 15) is 5.11 Å². The van der Waals surface area contributed by atoms with Crippen LogP contribution in [0.3, 0.4) is 0 Å². The Morgan fingerprint density at radius 2 is 1.95 bits per heavy atom. The van der Waals surface area contributed by atoms with Crippen LogP contribution in [0.4, 0.5) is 5.69 Å². The molecule has 0 spiro atoms. The molecule has 0 aromatic heterocycles. The van der Waals surface area contributed by atoms with Gasteiger partial charge in [0.2, 0.25) is 0 Å². The number of rotatable bonds is 3. The molecule has 0 amide bonds. The van der Waals surface area contributed by atoms with Crippen molar-refractivity contribution in [2.45, 2.75) is 52.7 Å². The number of benzene rings is 1. The van der Waals surface area contributed by atoms with Gasteiger partial charge in [-0.15, -0.1) is 0 Å². The van der Waals surface area contributed by atoms with Crippen molar-refractivity contribution in [1.29, 1.82) is 0 Å². The molecule has 3 unspecified atom stereocenters. The van der Waals surface area contributed by atoms with Crippen molar-refractivity contribution in [2.75, 3.05) is 11.4 Å². The van der Waals surface area contributed by atoms with Gasteiger partial charge in [0.25, 0.3) is 0 Å². The summed E-state index contributed by atoms with van der Waals surface area (Å²) in [5, 5.41) is 10.2. The Balaban J connectivity index is 2.34. The van der Waals surface area contributed by atoms with E-state index < -0.39 is 0 Å². The molecule has 1 heterocycles. The molecule has 0 radical (unpaired) electrons. The van der Waals surface area contributed by atoms with Crippen molar-refractivity contribution < 1.29 is 5.11 Å². The third kappa shape index (κ3) is 2.94. The van der Waals surface area contributed by atoms with Crippen LogP contribution in [0, 0.1) is 11.8 Å². The monoisotopic (exact) mass is 261 g/mol. The van der Waals surface area contributed by atoms with E-state index in [2.05, 4.69) is 43.9 Å². The number of aliphatic hydroxyl groups excluding tert-OH is 1. The first-order valence-electron chi connectivity index (χ1n) is 7.58. The number of hydrogen-bond donors (Lipinski definition) is 1. The molecule has 4 atom stereocenters. The summed E-state index contributed by atoms with van der Waals surface area (Å²) in [6, 6.07) is 8.88. The molecule has 1 aromatic rings. The molecule has 1 saturated heterocycles. The summed E-state index contributed by atoms with van der Waals surface area (Å²) < 4.78 is 0.